The Labute approximate surface area is 107 Å². The van der Waals surface area contributed by atoms with Gasteiger partial charge in [-0.15, -0.1) is 0 Å². The lowest BCUT2D eigenvalue weighted by molar-refractivity contribution is -0.126. The minimum absolute atomic E-state index is 0.0503. The first-order chi connectivity index (χ1) is 7.82. The van der Waals surface area contributed by atoms with Crippen molar-refractivity contribution < 1.29 is 13.2 Å². The molecule has 1 amide bonds. The summed E-state index contributed by atoms with van der Waals surface area (Å²) in [5.74, 6) is -0.294. The maximum absolute atomic E-state index is 12.3. The fourth-order valence-corrected chi connectivity index (χ4v) is 4.29. The topological polar surface area (TPSA) is 92.5 Å². The molecule has 0 aromatic rings. The number of nitrogens with zero attached hydrogens (tertiary/aromatic N) is 1. The van der Waals surface area contributed by atoms with Crippen LogP contribution in [-0.2, 0) is 14.8 Å². The number of piperazine rings is 1. The number of sulfonamides is 1. The summed E-state index contributed by atoms with van der Waals surface area (Å²) in [7, 11) is -3.65. The number of carbonyl (C=O) groups is 1. The van der Waals surface area contributed by atoms with Crippen LogP contribution in [0.1, 0.15) is 20.3 Å². The van der Waals surface area contributed by atoms with Gasteiger partial charge in [-0.2, -0.15) is 4.31 Å². The number of thiocarbonyl (C=S) groups is 1. The van der Waals surface area contributed by atoms with Crippen LogP contribution in [0, 0.1) is 0 Å². The van der Waals surface area contributed by atoms with E-state index < -0.39 is 21.3 Å². The number of amides is 1. The molecule has 1 heterocycles. The first-order valence-electron chi connectivity index (χ1n) is 5.40. The lowest BCUT2D eigenvalue weighted by Crippen LogP contribution is -2.58. The molecule has 0 saturated carbocycles. The molecule has 1 saturated heterocycles. The van der Waals surface area contributed by atoms with Crippen LogP contribution in [0.4, 0.5) is 0 Å². The second-order valence-corrected chi connectivity index (χ2v) is 6.46. The molecule has 0 radical (unpaired) electrons. The molecule has 1 fully saturated rings. The van der Waals surface area contributed by atoms with E-state index in [1.165, 1.54) is 4.31 Å². The van der Waals surface area contributed by atoms with E-state index in [4.69, 9.17) is 18.0 Å². The average molecular weight is 279 g/mol. The molecule has 1 rings (SSSR count). The number of nitrogens with one attached hydrogen (secondary N) is 1. The van der Waals surface area contributed by atoms with Crippen molar-refractivity contribution >= 4 is 33.1 Å². The summed E-state index contributed by atoms with van der Waals surface area (Å²) >= 11 is 4.77. The van der Waals surface area contributed by atoms with Crippen molar-refractivity contribution in [2.45, 2.75) is 31.6 Å². The van der Waals surface area contributed by atoms with E-state index in [2.05, 4.69) is 5.32 Å². The van der Waals surface area contributed by atoms with Gasteiger partial charge in [-0.3, -0.25) is 4.79 Å². The van der Waals surface area contributed by atoms with Gasteiger partial charge in [-0.05, 0) is 13.3 Å². The van der Waals surface area contributed by atoms with Crippen LogP contribution in [0.25, 0.3) is 0 Å². The fourth-order valence-electron chi connectivity index (χ4n) is 1.83. The van der Waals surface area contributed by atoms with E-state index in [0.717, 1.165) is 0 Å². The first kappa shape index (κ1) is 14.3. The predicted molar refractivity (Wildman–Crippen MR) is 69.0 cm³/mol. The molecule has 8 heteroatoms. The third-order valence-electron chi connectivity index (χ3n) is 2.82. The Bertz CT molecular complexity index is 421. The van der Waals surface area contributed by atoms with Gasteiger partial charge in [0.15, 0.2) is 0 Å². The molecule has 0 aromatic carbocycles. The van der Waals surface area contributed by atoms with E-state index in [1.54, 1.807) is 13.8 Å². The molecular weight excluding hydrogens is 262 g/mol. The molecular formula is C9H17N3O3S2. The third kappa shape index (κ3) is 2.75. The zero-order valence-electron chi connectivity index (χ0n) is 9.84. The summed E-state index contributed by atoms with van der Waals surface area (Å²) in [5, 5.41) is 1.71. The summed E-state index contributed by atoms with van der Waals surface area (Å²) in [6.45, 7) is 3.83. The van der Waals surface area contributed by atoms with E-state index >= 15 is 0 Å². The number of nitrogens with two attached hydrogens (primary N) is 1. The highest BCUT2D eigenvalue weighted by Gasteiger charge is 2.39. The molecule has 0 spiro atoms. The van der Waals surface area contributed by atoms with Gasteiger partial charge in [0.1, 0.15) is 11.3 Å². The zero-order valence-corrected chi connectivity index (χ0v) is 11.5. The second kappa shape index (κ2) is 5.28. The molecule has 3 N–H and O–H groups in total. The zero-order chi connectivity index (χ0) is 13.2. The quantitative estimate of drug-likeness (QED) is 0.657. The highest BCUT2D eigenvalue weighted by atomic mass is 32.2. The van der Waals surface area contributed by atoms with Crippen molar-refractivity contribution in [3.05, 3.63) is 0 Å². The Hall–Kier alpha value is -0.730. The van der Waals surface area contributed by atoms with Crippen LogP contribution < -0.4 is 11.1 Å². The SMILES string of the molecule is CCC(C(N)=S)S(=O)(=O)N1CCNC(=O)C1C. The van der Waals surface area contributed by atoms with E-state index in [9.17, 15) is 13.2 Å². The molecule has 0 bridgehead atoms. The number of rotatable bonds is 4. The van der Waals surface area contributed by atoms with Crippen LogP contribution in [0.15, 0.2) is 0 Å². The largest absolute Gasteiger partial charge is 0.392 e. The molecule has 6 nitrogen and oxygen atoms in total. The van der Waals surface area contributed by atoms with Crippen molar-refractivity contribution in [2.75, 3.05) is 13.1 Å². The lowest BCUT2D eigenvalue weighted by Gasteiger charge is -2.34. The Morgan fingerprint density at radius 1 is 1.71 bits per heavy atom. The normalized spacial score (nSPS) is 24.1. The Morgan fingerprint density at radius 2 is 2.29 bits per heavy atom. The molecule has 2 unspecified atom stereocenters. The molecule has 1 aliphatic rings. The van der Waals surface area contributed by atoms with Crippen LogP contribution in [-0.4, -0.2) is 48.0 Å². The van der Waals surface area contributed by atoms with Gasteiger partial charge in [-0.25, -0.2) is 8.42 Å². The lowest BCUT2D eigenvalue weighted by atomic mass is 10.2. The Balaban J connectivity index is 3.04. The molecule has 0 aliphatic carbocycles. The predicted octanol–water partition coefficient (Wildman–Crippen LogP) is -0.799. The standard InChI is InChI=1S/C9H17N3O3S2/c1-3-7(8(10)16)17(14,15)12-5-4-11-9(13)6(12)2/h6-7H,3-5H2,1-2H3,(H2,10,16)(H,11,13). The Morgan fingerprint density at radius 3 is 2.76 bits per heavy atom. The first-order valence-corrected chi connectivity index (χ1v) is 7.31. The highest BCUT2D eigenvalue weighted by Crippen LogP contribution is 2.17. The van der Waals surface area contributed by atoms with Gasteiger partial charge in [0.2, 0.25) is 15.9 Å². The molecule has 0 aromatic heterocycles. The van der Waals surface area contributed by atoms with E-state index in [0.29, 0.717) is 13.0 Å². The molecule has 17 heavy (non-hydrogen) atoms. The Kier molecular flexibility index (Phi) is 4.45. The van der Waals surface area contributed by atoms with E-state index in [-0.39, 0.29) is 17.4 Å². The smallest absolute Gasteiger partial charge is 0.238 e. The van der Waals surface area contributed by atoms with Crippen molar-refractivity contribution in [2.24, 2.45) is 5.73 Å². The van der Waals surface area contributed by atoms with Crippen molar-refractivity contribution in [3.63, 3.8) is 0 Å². The maximum Gasteiger partial charge on any atom is 0.238 e. The minimum Gasteiger partial charge on any atom is -0.392 e. The monoisotopic (exact) mass is 279 g/mol. The number of hydrogen-bond donors (Lipinski definition) is 2. The van der Waals surface area contributed by atoms with Crippen LogP contribution in [0.3, 0.4) is 0 Å². The van der Waals surface area contributed by atoms with Crippen molar-refractivity contribution in [1.29, 1.82) is 0 Å². The fraction of sp³-hybridized carbons (Fsp3) is 0.778. The second-order valence-electron chi connectivity index (χ2n) is 3.92. The molecule has 2 atom stereocenters. The molecule has 1 aliphatic heterocycles. The van der Waals surface area contributed by atoms with Crippen LogP contribution in [0.2, 0.25) is 0 Å². The van der Waals surface area contributed by atoms with Gasteiger partial charge in [0.05, 0.1) is 4.99 Å². The van der Waals surface area contributed by atoms with Gasteiger partial charge >= 0.3 is 0 Å². The van der Waals surface area contributed by atoms with E-state index in [1.807, 2.05) is 0 Å². The number of hydrogen-bond acceptors (Lipinski definition) is 4. The summed E-state index contributed by atoms with van der Waals surface area (Å²) in [6.07, 6.45) is 0.308. The summed E-state index contributed by atoms with van der Waals surface area (Å²) in [4.78, 5) is 11.4. The van der Waals surface area contributed by atoms with Gasteiger partial charge in [-0.1, -0.05) is 19.1 Å². The van der Waals surface area contributed by atoms with Crippen LogP contribution >= 0.6 is 12.2 Å². The molecule has 98 valence electrons. The summed E-state index contributed by atoms with van der Waals surface area (Å²) in [5.41, 5.74) is 5.45. The van der Waals surface area contributed by atoms with Gasteiger partial charge in [0.25, 0.3) is 0 Å². The van der Waals surface area contributed by atoms with Crippen molar-refractivity contribution in [3.8, 4) is 0 Å². The number of carbonyl (C=O) groups excluding carboxylic acids is 1. The average Bonchev–Trinajstić information content (AvgIpc) is 2.21. The van der Waals surface area contributed by atoms with Crippen molar-refractivity contribution in [1.82, 2.24) is 9.62 Å². The third-order valence-corrected chi connectivity index (χ3v) is 5.71. The minimum atomic E-state index is -3.65. The highest BCUT2D eigenvalue weighted by molar-refractivity contribution is 7.92. The summed E-state index contributed by atoms with van der Waals surface area (Å²) < 4.78 is 25.8. The van der Waals surface area contributed by atoms with Gasteiger partial charge in [0, 0.05) is 13.1 Å². The van der Waals surface area contributed by atoms with Gasteiger partial charge < -0.3 is 11.1 Å². The summed E-state index contributed by atoms with van der Waals surface area (Å²) in [6, 6.07) is -0.711. The van der Waals surface area contributed by atoms with Crippen LogP contribution in [0.5, 0.6) is 0 Å². The maximum atomic E-state index is 12.3.